The smallest absolute Gasteiger partial charge is 0.0436 e. The summed E-state index contributed by atoms with van der Waals surface area (Å²) in [6.07, 6.45) is 31.1. The first kappa shape index (κ1) is 41.8. The third-order valence-corrected chi connectivity index (χ3v) is 11.8. The van der Waals surface area contributed by atoms with Crippen LogP contribution in [0.3, 0.4) is 0 Å². The molecular formula is C38H76O6. The summed E-state index contributed by atoms with van der Waals surface area (Å²) in [5.41, 5.74) is -1.63. The Labute approximate surface area is 272 Å². The summed E-state index contributed by atoms with van der Waals surface area (Å²) in [5, 5.41) is 63.0. The van der Waals surface area contributed by atoms with Crippen LogP contribution in [0.1, 0.15) is 186 Å². The summed E-state index contributed by atoms with van der Waals surface area (Å²) in [6.45, 7) is -0.200. The fourth-order valence-electron chi connectivity index (χ4n) is 9.46. The molecule has 264 valence electrons. The Morgan fingerprint density at radius 3 is 0.614 bits per heavy atom. The summed E-state index contributed by atoms with van der Waals surface area (Å²) in [5.74, 6) is 0. The highest BCUT2D eigenvalue weighted by molar-refractivity contribution is 5.08. The van der Waals surface area contributed by atoms with Crippen molar-refractivity contribution in [3.63, 3.8) is 0 Å². The molecule has 0 amide bonds. The topological polar surface area (TPSA) is 121 Å². The van der Waals surface area contributed by atoms with E-state index < -0.39 is 16.2 Å². The molecule has 0 aromatic rings. The van der Waals surface area contributed by atoms with Crippen LogP contribution in [0.15, 0.2) is 0 Å². The van der Waals surface area contributed by atoms with Crippen LogP contribution in [0.5, 0.6) is 0 Å². The number of aliphatic hydroxyl groups is 6. The second-order valence-corrected chi connectivity index (χ2v) is 14.4. The van der Waals surface area contributed by atoms with E-state index >= 15 is 0 Å². The van der Waals surface area contributed by atoms with Gasteiger partial charge in [-0.25, -0.2) is 0 Å². The number of aliphatic hydroxyl groups excluding tert-OH is 6. The zero-order chi connectivity index (χ0) is 32.2. The van der Waals surface area contributed by atoms with E-state index in [0.717, 1.165) is 38.5 Å². The number of hydrogen-bond donors (Lipinski definition) is 6. The monoisotopic (exact) mass is 629 g/mol. The second kappa shape index (κ2) is 26.8. The molecule has 0 aromatic carbocycles. The van der Waals surface area contributed by atoms with Gasteiger partial charge in [0.2, 0.25) is 0 Å². The fourth-order valence-corrected chi connectivity index (χ4v) is 9.46. The largest absolute Gasteiger partial charge is 0.396 e. The number of hydrogen-bond acceptors (Lipinski definition) is 6. The van der Waals surface area contributed by atoms with Gasteiger partial charge in [-0.2, -0.15) is 0 Å². The molecular weight excluding hydrogens is 552 g/mol. The molecule has 0 atom stereocenters. The molecule has 6 heteroatoms. The molecule has 0 bridgehead atoms. The predicted octanol–water partition coefficient (Wildman–Crippen LogP) is 8.23. The van der Waals surface area contributed by atoms with Crippen molar-refractivity contribution in [3.8, 4) is 0 Å². The van der Waals surface area contributed by atoms with Gasteiger partial charge >= 0.3 is 0 Å². The van der Waals surface area contributed by atoms with E-state index in [1.54, 1.807) is 0 Å². The first-order chi connectivity index (χ1) is 21.6. The van der Waals surface area contributed by atoms with Crippen molar-refractivity contribution in [1.29, 1.82) is 0 Å². The molecule has 1 aliphatic rings. The van der Waals surface area contributed by atoms with Gasteiger partial charge in [-0.05, 0) is 67.6 Å². The van der Waals surface area contributed by atoms with Gasteiger partial charge in [0, 0.05) is 39.6 Å². The van der Waals surface area contributed by atoms with Crippen molar-refractivity contribution >= 4 is 0 Å². The quantitative estimate of drug-likeness (QED) is 0.130. The van der Waals surface area contributed by atoms with E-state index in [1.807, 2.05) is 0 Å². The molecule has 0 spiro atoms. The van der Waals surface area contributed by atoms with Crippen molar-refractivity contribution < 1.29 is 30.6 Å². The zero-order valence-corrected chi connectivity index (χ0v) is 28.9. The lowest BCUT2D eigenvalue weighted by molar-refractivity contribution is -0.159. The molecule has 1 rings (SSSR count). The van der Waals surface area contributed by atoms with Crippen LogP contribution in [0.4, 0.5) is 0 Å². The van der Waals surface area contributed by atoms with Crippen LogP contribution in [-0.4, -0.2) is 70.3 Å². The van der Waals surface area contributed by atoms with Gasteiger partial charge in [0.05, 0.1) is 0 Å². The van der Waals surface area contributed by atoms with Crippen LogP contribution >= 0.6 is 0 Å². The van der Waals surface area contributed by atoms with E-state index in [4.69, 9.17) is 0 Å². The Balaban J connectivity index is 3.30. The molecule has 0 radical (unpaired) electrons. The molecule has 6 nitrogen and oxygen atoms in total. The predicted molar refractivity (Wildman–Crippen MR) is 184 cm³/mol. The minimum absolute atomic E-state index is 0.0209. The minimum atomic E-state index is -0.620. The highest BCUT2D eigenvalue weighted by Gasteiger charge is 2.59. The molecule has 0 aromatic heterocycles. The average Bonchev–Trinajstić information content (AvgIpc) is 3.01. The first-order valence-corrected chi connectivity index (χ1v) is 19.2. The lowest BCUT2D eigenvalue weighted by Gasteiger charge is -2.62. The SMILES string of the molecule is OCCC1(CCO)CCCCCCCCCCCCCCCCCCCCCCCC(CCO)(CCO)C1(CCO)CCO. The summed E-state index contributed by atoms with van der Waals surface area (Å²) < 4.78 is 0. The normalized spacial score (nSPS) is 22.8. The van der Waals surface area contributed by atoms with Crippen LogP contribution in [-0.2, 0) is 0 Å². The Bertz CT molecular complexity index is 562. The Kier molecular flexibility index (Phi) is 25.4. The van der Waals surface area contributed by atoms with Crippen LogP contribution < -0.4 is 0 Å². The van der Waals surface area contributed by atoms with Crippen molar-refractivity contribution in [2.24, 2.45) is 16.2 Å². The minimum Gasteiger partial charge on any atom is -0.396 e. The molecule has 1 fully saturated rings. The summed E-state index contributed by atoms with van der Waals surface area (Å²) in [7, 11) is 0. The van der Waals surface area contributed by atoms with Crippen molar-refractivity contribution in [2.75, 3.05) is 39.6 Å². The highest BCUT2D eigenvalue weighted by atomic mass is 16.3. The summed E-state index contributed by atoms with van der Waals surface area (Å²) in [6, 6.07) is 0. The molecule has 0 aliphatic heterocycles. The van der Waals surface area contributed by atoms with Crippen molar-refractivity contribution in [2.45, 2.75) is 186 Å². The van der Waals surface area contributed by atoms with Gasteiger partial charge in [-0.1, -0.05) is 135 Å². The van der Waals surface area contributed by atoms with Crippen LogP contribution in [0.2, 0.25) is 0 Å². The molecule has 44 heavy (non-hydrogen) atoms. The van der Waals surface area contributed by atoms with E-state index in [0.29, 0.717) is 38.5 Å². The zero-order valence-electron chi connectivity index (χ0n) is 28.9. The Morgan fingerprint density at radius 1 is 0.250 bits per heavy atom. The molecule has 1 aliphatic carbocycles. The molecule has 0 heterocycles. The average molecular weight is 629 g/mol. The molecule has 0 saturated heterocycles. The maximum Gasteiger partial charge on any atom is 0.0436 e. The summed E-state index contributed by atoms with van der Waals surface area (Å²) in [4.78, 5) is 0. The van der Waals surface area contributed by atoms with E-state index in [-0.39, 0.29) is 39.6 Å². The van der Waals surface area contributed by atoms with Crippen molar-refractivity contribution in [1.82, 2.24) is 0 Å². The van der Waals surface area contributed by atoms with Gasteiger partial charge in [-0.3, -0.25) is 0 Å². The lowest BCUT2D eigenvalue weighted by Crippen LogP contribution is -2.56. The maximum atomic E-state index is 10.6. The van der Waals surface area contributed by atoms with E-state index in [1.165, 1.54) is 109 Å². The van der Waals surface area contributed by atoms with Gasteiger partial charge in [-0.15, -0.1) is 0 Å². The van der Waals surface area contributed by atoms with Gasteiger partial charge < -0.3 is 30.6 Å². The molecule has 6 N–H and O–H groups in total. The Hall–Kier alpha value is -0.240. The van der Waals surface area contributed by atoms with Gasteiger partial charge in [0.1, 0.15) is 0 Å². The Morgan fingerprint density at radius 2 is 0.432 bits per heavy atom. The van der Waals surface area contributed by atoms with Gasteiger partial charge in [0.25, 0.3) is 0 Å². The highest BCUT2D eigenvalue weighted by Crippen LogP contribution is 2.65. The standard InChI is InChI=1S/C38H76O6/c39-30-24-36(25-31-40)22-20-18-16-14-12-10-8-6-4-2-1-3-5-7-9-11-13-15-17-19-21-23-37(26-32-41,27-33-42)38(36,28-34-43)29-35-44/h39-44H,1-35H2. The lowest BCUT2D eigenvalue weighted by atomic mass is 9.42. The van der Waals surface area contributed by atoms with Crippen molar-refractivity contribution in [3.05, 3.63) is 0 Å². The third kappa shape index (κ3) is 14.3. The summed E-state index contributed by atoms with van der Waals surface area (Å²) >= 11 is 0. The van der Waals surface area contributed by atoms with Gasteiger partial charge in [0.15, 0.2) is 0 Å². The van der Waals surface area contributed by atoms with Crippen LogP contribution in [0.25, 0.3) is 0 Å². The van der Waals surface area contributed by atoms with Crippen LogP contribution in [0, 0.1) is 16.2 Å². The number of rotatable bonds is 12. The molecule has 0 unspecified atom stereocenters. The third-order valence-electron chi connectivity index (χ3n) is 11.8. The van der Waals surface area contributed by atoms with E-state index in [2.05, 4.69) is 0 Å². The fraction of sp³-hybridized carbons (Fsp3) is 1.00. The second-order valence-electron chi connectivity index (χ2n) is 14.4. The molecule has 1 saturated carbocycles. The van der Waals surface area contributed by atoms with E-state index in [9.17, 15) is 30.6 Å². The maximum absolute atomic E-state index is 10.6. The first-order valence-electron chi connectivity index (χ1n) is 19.2.